The van der Waals surface area contributed by atoms with E-state index in [1.54, 1.807) is 24.3 Å². The summed E-state index contributed by atoms with van der Waals surface area (Å²) >= 11 is 5.79. The molecule has 0 aliphatic heterocycles. The van der Waals surface area contributed by atoms with Crippen molar-refractivity contribution in [1.82, 2.24) is 5.32 Å². The Hall–Kier alpha value is -2.54. The number of anilines is 1. The van der Waals surface area contributed by atoms with Crippen molar-refractivity contribution in [3.05, 3.63) is 64.7 Å². The van der Waals surface area contributed by atoms with Crippen LogP contribution in [0.2, 0.25) is 5.02 Å². The Labute approximate surface area is 159 Å². The number of hydrogen-bond donors (Lipinski definition) is 2. The highest BCUT2D eigenvalue weighted by Crippen LogP contribution is 2.31. The van der Waals surface area contributed by atoms with Gasteiger partial charge < -0.3 is 10.6 Å². The molecule has 0 saturated carbocycles. The molecule has 0 unspecified atom stereocenters. The maximum absolute atomic E-state index is 12.8. The molecule has 0 aromatic heterocycles. The summed E-state index contributed by atoms with van der Waals surface area (Å²) in [5.74, 6) is -1.27. The van der Waals surface area contributed by atoms with E-state index in [2.05, 4.69) is 10.6 Å². The Morgan fingerprint density at radius 1 is 1.00 bits per heavy atom. The minimum Gasteiger partial charge on any atom is -0.351 e. The molecule has 4 nitrogen and oxygen atoms in total. The highest BCUT2D eigenvalue weighted by Gasteiger charge is 2.36. The van der Waals surface area contributed by atoms with Crippen molar-refractivity contribution in [2.45, 2.75) is 26.6 Å². The molecule has 0 atom stereocenters. The zero-order valence-electron chi connectivity index (χ0n) is 14.7. The first-order valence-electron chi connectivity index (χ1n) is 8.01. The fourth-order valence-corrected chi connectivity index (χ4v) is 2.30. The minimum absolute atomic E-state index is 0.0339. The number of carbonyl (C=O) groups excluding carboxylic acids is 2. The predicted molar refractivity (Wildman–Crippen MR) is 97.2 cm³/mol. The van der Waals surface area contributed by atoms with Crippen molar-refractivity contribution in [3.8, 4) is 0 Å². The van der Waals surface area contributed by atoms with Gasteiger partial charge in [-0.2, -0.15) is 13.2 Å². The summed E-state index contributed by atoms with van der Waals surface area (Å²) in [6, 6.07) is 11.1. The molecule has 144 valence electrons. The van der Waals surface area contributed by atoms with E-state index in [4.69, 9.17) is 11.6 Å². The molecule has 0 radical (unpaired) electrons. The lowest BCUT2D eigenvalue weighted by atomic mass is 9.90. The van der Waals surface area contributed by atoms with Gasteiger partial charge in [0.15, 0.2) is 0 Å². The Morgan fingerprint density at radius 3 is 2.22 bits per heavy atom. The molecule has 2 amide bonds. The van der Waals surface area contributed by atoms with Gasteiger partial charge in [-0.15, -0.1) is 0 Å². The second-order valence-corrected chi connectivity index (χ2v) is 6.90. The summed E-state index contributed by atoms with van der Waals surface area (Å²) in [5.41, 5.74) is -1.61. The fourth-order valence-electron chi connectivity index (χ4n) is 2.17. The first-order valence-corrected chi connectivity index (χ1v) is 8.39. The summed E-state index contributed by atoms with van der Waals surface area (Å²) in [6.07, 6.45) is -4.52. The predicted octanol–water partition coefficient (Wildman–Crippen LogP) is 4.64. The molecule has 0 saturated heterocycles. The van der Waals surface area contributed by atoms with Gasteiger partial charge in [-0.3, -0.25) is 9.59 Å². The summed E-state index contributed by atoms with van der Waals surface area (Å²) in [5, 5.41) is 5.56. The zero-order valence-corrected chi connectivity index (χ0v) is 15.4. The monoisotopic (exact) mass is 398 g/mol. The number of hydrogen-bond acceptors (Lipinski definition) is 2. The van der Waals surface area contributed by atoms with Crippen LogP contribution in [0.4, 0.5) is 18.9 Å². The maximum Gasteiger partial charge on any atom is 0.416 e. The largest absolute Gasteiger partial charge is 0.416 e. The van der Waals surface area contributed by atoms with E-state index in [0.717, 1.165) is 17.7 Å². The zero-order chi connectivity index (χ0) is 20.2. The van der Waals surface area contributed by atoms with Crippen molar-refractivity contribution < 1.29 is 22.8 Å². The van der Waals surface area contributed by atoms with Gasteiger partial charge in [0, 0.05) is 17.3 Å². The van der Waals surface area contributed by atoms with Crippen LogP contribution in [0.3, 0.4) is 0 Å². The first kappa shape index (κ1) is 20.8. The van der Waals surface area contributed by atoms with Crippen LogP contribution in [0.1, 0.15) is 25.0 Å². The molecule has 2 N–H and O–H groups in total. The summed E-state index contributed by atoms with van der Waals surface area (Å²) in [4.78, 5) is 24.8. The third-order valence-corrected chi connectivity index (χ3v) is 4.20. The Bertz CT molecular complexity index is 834. The summed E-state index contributed by atoms with van der Waals surface area (Å²) in [7, 11) is 0. The van der Waals surface area contributed by atoms with Crippen LogP contribution in [0, 0.1) is 5.41 Å². The topological polar surface area (TPSA) is 58.2 Å². The molecular weight excluding hydrogens is 381 g/mol. The van der Waals surface area contributed by atoms with Crippen molar-refractivity contribution >= 4 is 29.1 Å². The van der Waals surface area contributed by atoms with Crippen LogP contribution >= 0.6 is 11.6 Å². The van der Waals surface area contributed by atoms with Gasteiger partial charge in [0.1, 0.15) is 5.41 Å². The van der Waals surface area contributed by atoms with Crippen molar-refractivity contribution in [2.75, 3.05) is 5.32 Å². The van der Waals surface area contributed by atoms with Gasteiger partial charge in [-0.1, -0.05) is 29.8 Å². The van der Waals surface area contributed by atoms with Crippen LogP contribution in [-0.4, -0.2) is 11.8 Å². The van der Waals surface area contributed by atoms with E-state index >= 15 is 0 Å². The second-order valence-electron chi connectivity index (χ2n) is 6.47. The van der Waals surface area contributed by atoms with Gasteiger partial charge in [-0.05, 0) is 49.7 Å². The number of nitrogens with one attached hydrogen (secondary N) is 2. The van der Waals surface area contributed by atoms with E-state index < -0.39 is 29.0 Å². The van der Waals surface area contributed by atoms with Gasteiger partial charge in [0.25, 0.3) is 0 Å². The van der Waals surface area contributed by atoms with Crippen molar-refractivity contribution in [2.24, 2.45) is 5.41 Å². The molecule has 0 aliphatic carbocycles. The second kappa shape index (κ2) is 8.00. The Morgan fingerprint density at radius 2 is 1.63 bits per heavy atom. The van der Waals surface area contributed by atoms with Crippen LogP contribution in [-0.2, 0) is 22.3 Å². The molecule has 0 aliphatic rings. The molecule has 2 aromatic carbocycles. The molecule has 0 spiro atoms. The molecule has 0 fully saturated rings. The number of carbonyl (C=O) groups is 2. The molecule has 0 heterocycles. The van der Waals surface area contributed by atoms with E-state index in [1.165, 1.54) is 26.0 Å². The lowest BCUT2D eigenvalue weighted by Crippen LogP contribution is -2.44. The lowest BCUT2D eigenvalue weighted by Gasteiger charge is -2.23. The van der Waals surface area contributed by atoms with E-state index in [9.17, 15) is 22.8 Å². The normalized spacial score (nSPS) is 11.8. The van der Waals surface area contributed by atoms with Gasteiger partial charge >= 0.3 is 6.18 Å². The van der Waals surface area contributed by atoms with Crippen molar-refractivity contribution in [1.29, 1.82) is 0 Å². The molecule has 27 heavy (non-hydrogen) atoms. The Balaban J connectivity index is 2.03. The summed E-state index contributed by atoms with van der Waals surface area (Å²) in [6.45, 7) is 2.98. The minimum atomic E-state index is -4.52. The molecule has 8 heteroatoms. The van der Waals surface area contributed by atoms with Gasteiger partial charge in [-0.25, -0.2) is 0 Å². The maximum atomic E-state index is 12.8. The highest BCUT2D eigenvalue weighted by molar-refractivity contribution is 6.30. The van der Waals surface area contributed by atoms with Gasteiger partial charge in [0.2, 0.25) is 11.8 Å². The number of alkyl halides is 3. The summed E-state index contributed by atoms with van der Waals surface area (Å²) < 4.78 is 38.3. The molecule has 2 rings (SSSR count). The average Bonchev–Trinajstić information content (AvgIpc) is 2.60. The molecule has 2 aromatic rings. The van der Waals surface area contributed by atoms with Gasteiger partial charge in [0.05, 0.1) is 5.56 Å². The standard InChI is InChI=1S/C19H18ClF3N2O2/c1-18(2,16(26)24-11-12-6-8-14(20)9-7-12)17(27)25-15-5-3-4-13(10-15)19(21,22)23/h3-10H,11H2,1-2H3,(H,24,26)(H,25,27). The SMILES string of the molecule is CC(C)(C(=O)NCc1ccc(Cl)cc1)C(=O)Nc1cccc(C(F)(F)F)c1. The van der Waals surface area contributed by atoms with Crippen LogP contribution < -0.4 is 10.6 Å². The van der Waals surface area contributed by atoms with E-state index in [0.29, 0.717) is 5.02 Å². The van der Waals surface area contributed by atoms with Crippen molar-refractivity contribution in [3.63, 3.8) is 0 Å². The first-order chi connectivity index (χ1) is 12.5. The molecular formula is C19H18ClF3N2O2. The van der Waals surface area contributed by atoms with Crippen LogP contribution in [0.25, 0.3) is 0 Å². The lowest BCUT2D eigenvalue weighted by molar-refractivity contribution is -0.139. The smallest absolute Gasteiger partial charge is 0.351 e. The third-order valence-electron chi connectivity index (χ3n) is 3.95. The quantitative estimate of drug-likeness (QED) is 0.721. The molecule has 0 bridgehead atoms. The average molecular weight is 399 g/mol. The number of amides is 2. The highest BCUT2D eigenvalue weighted by atomic mass is 35.5. The number of benzene rings is 2. The number of halogens is 4. The van der Waals surface area contributed by atoms with E-state index in [-0.39, 0.29) is 12.2 Å². The third kappa shape index (κ3) is 5.47. The number of rotatable bonds is 5. The van der Waals surface area contributed by atoms with Crippen LogP contribution in [0.5, 0.6) is 0 Å². The van der Waals surface area contributed by atoms with Crippen LogP contribution in [0.15, 0.2) is 48.5 Å². The Kier molecular flexibility index (Phi) is 6.15. The fraction of sp³-hybridized carbons (Fsp3) is 0.263. The van der Waals surface area contributed by atoms with E-state index in [1.807, 2.05) is 0 Å².